The van der Waals surface area contributed by atoms with Crippen molar-refractivity contribution in [2.75, 3.05) is 12.4 Å². The molecule has 7 nitrogen and oxygen atoms in total. The van der Waals surface area contributed by atoms with E-state index in [0.717, 1.165) is 34.3 Å². The lowest BCUT2D eigenvalue weighted by Gasteiger charge is -2.10. The lowest BCUT2D eigenvalue weighted by Crippen LogP contribution is -2.16. The fourth-order valence-electron chi connectivity index (χ4n) is 3.46. The molecule has 0 fully saturated rings. The first-order valence-electron chi connectivity index (χ1n) is 10.5. The molecule has 174 valence electrons. The van der Waals surface area contributed by atoms with Crippen molar-refractivity contribution in [3.05, 3.63) is 88.2 Å². The molecule has 0 spiro atoms. The SMILES string of the molecule is Cc1cc(C(=O)COC(=O)CSc2nnc(-c3ccc(Cl)cc3)o2)c(C)n1Cc1ccccc1. The van der Waals surface area contributed by atoms with Crippen molar-refractivity contribution in [1.29, 1.82) is 0 Å². The van der Waals surface area contributed by atoms with Gasteiger partial charge in [-0.3, -0.25) is 9.59 Å². The van der Waals surface area contributed by atoms with Gasteiger partial charge in [0.05, 0.1) is 0 Å². The van der Waals surface area contributed by atoms with Crippen LogP contribution < -0.4 is 0 Å². The number of benzene rings is 2. The number of Topliss-reactive ketones (excluding diaryl/α,β-unsaturated/α-hetero) is 1. The molecule has 4 rings (SSSR count). The van der Waals surface area contributed by atoms with E-state index in [1.165, 1.54) is 0 Å². The van der Waals surface area contributed by atoms with Gasteiger partial charge in [-0.05, 0) is 49.7 Å². The molecule has 0 aliphatic rings. The van der Waals surface area contributed by atoms with Crippen LogP contribution in [0.25, 0.3) is 11.5 Å². The van der Waals surface area contributed by atoms with Crippen LogP contribution in [0.4, 0.5) is 0 Å². The van der Waals surface area contributed by atoms with Crippen LogP contribution in [-0.2, 0) is 16.1 Å². The fraction of sp³-hybridized carbons (Fsp3) is 0.200. The van der Waals surface area contributed by atoms with Crippen LogP contribution in [0.15, 0.2) is 70.3 Å². The first-order valence-corrected chi connectivity index (χ1v) is 11.9. The Morgan fingerprint density at radius 1 is 1.06 bits per heavy atom. The summed E-state index contributed by atoms with van der Waals surface area (Å²) in [6.07, 6.45) is 0. The lowest BCUT2D eigenvalue weighted by atomic mass is 10.1. The zero-order chi connectivity index (χ0) is 24.1. The summed E-state index contributed by atoms with van der Waals surface area (Å²) >= 11 is 6.93. The average Bonchev–Trinajstić information content (AvgIpc) is 3.43. The van der Waals surface area contributed by atoms with E-state index in [2.05, 4.69) is 14.8 Å². The van der Waals surface area contributed by atoms with Crippen molar-refractivity contribution in [3.8, 4) is 11.5 Å². The zero-order valence-corrected chi connectivity index (χ0v) is 20.2. The molecule has 2 aromatic heterocycles. The molecule has 34 heavy (non-hydrogen) atoms. The molecule has 2 heterocycles. The van der Waals surface area contributed by atoms with Gasteiger partial charge in [0.15, 0.2) is 6.61 Å². The Hall–Kier alpha value is -3.36. The van der Waals surface area contributed by atoms with Gasteiger partial charge in [0, 0.05) is 34.1 Å². The number of rotatable bonds is 9. The number of carbonyl (C=O) groups excluding carboxylic acids is 2. The van der Waals surface area contributed by atoms with Gasteiger partial charge in [0.1, 0.15) is 5.75 Å². The second-order valence-electron chi connectivity index (χ2n) is 7.61. The smallest absolute Gasteiger partial charge is 0.316 e. The first-order chi connectivity index (χ1) is 16.4. The molecule has 4 aromatic rings. The maximum atomic E-state index is 12.7. The molecular formula is C25H22ClN3O4S. The molecular weight excluding hydrogens is 474 g/mol. The Kier molecular flexibility index (Phi) is 7.49. The maximum Gasteiger partial charge on any atom is 0.316 e. The van der Waals surface area contributed by atoms with E-state index in [4.69, 9.17) is 20.8 Å². The largest absolute Gasteiger partial charge is 0.457 e. The van der Waals surface area contributed by atoms with Crippen LogP contribution in [-0.4, -0.2) is 38.9 Å². The number of hydrogen-bond acceptors (Lipinski definition) is 7. The molecule has 0 bridgehead atoms. The van der Waals surface area contributed by atoms with E-state index in [1.54, 1.807) is 24.3 Å². The molecule has 0 amide bonds. The van der Waals surface area contributed by atoms with Crippen molar-refractivity contribution in [2.45, 2.75) is 25.6 Å². The number of nitrogens with zero attached hydrogens (tertiary/aromatic N) is 3. The quantitative estimate of drug-likeness (QED) is 0.175. The van der Waals surface area contributed by atoms with Crippen LogP contribution >= 0.6 is 23.4 Å². The number of carbonyl (C=O) groups is 2. The standard InChI is InChI=1S/C25H22ClN3O4S/c1-16-12-21(17(2)29(16)13-18-6-4-3-5-7-18)22(30)14-32-23(31)15-34-25-28-27-24(33-25)19-8-10-20(26)11-9-19/h3-12H,13-15H2,1-2H3. The van der Waals surface area contributed by atoms with E-state index < -0.39 is 5.97 Å². The minimum atomic E-state index is -0.539. The van der Waals surface area contributed by atoms with E-state index >= 15 is 0 Å². The topological polar surface area (TPSA) is 87.2 Å². The Balaban J connectivity index is 1.29. The van der Waals surface area contributed by atoms with Gasteiger partial charge in [-0.15, -0.1) is 10.2 Å². The third kappa shape index (κ3) is 5.76. The fourth-order valence-corrected chi connectivity index (χ4v) is 4.14. The van der Waals surface area contributed by atoms with Gasteiger partial charge < -0.3 is 13.7 Å². The van der Waals surface area contributed by atoms with Gasteiger partial charge in [-0.2, -0.15) is 0 Å². The number of ether oxygens (including phenoxy) is 1. The Labute approximate surface area is 206 Å². The lowest BCUT2D eigenvalue weighted by molar-refractivity contribution is -0.139. The van der Waals surface area contributed by atoms with Gasteiger partial charge in [0.25, 0.3) is 5.22 Å². The van der Waals surface area contributed by atoms with Crippen molar-refractivity contribution in [1.82, 2.24) is 14.8 Å². The van der Waals surface area contributed by atoms with Crippen LogP contribution in [0, 0.1) is 13.8 Å². The monoisotopic (exact) mass is 495 g/mol. The molecule has 0 aliphatic carbocycles. The number of aryl methyl sites for hydroxylation is 1. The molecule has 0 saturated carbocycles. The highest BCUT2D eigenvalue weighted by atomic mass is 35.5. The van der Waals surface area contributed by atoms with Crippen LogP contribution in [0.2, 0.25) is 5.02 Å². The summed E-state index contributed by atoms with van der Waals surface area (Å²) in [5.74, 6) is -0.507. The van der Waals surface area contributed by atoms with Gasteiger partial charge in [-0.1, -0.05) is 53.7 Å². The number of thioether (sulfide) groups is 1. The summed E-state index contributed by atoms with van der Waals surface area (Å²) < 4.78 is 12.8. The molecule has 0 N–H and O–H groups in total. The van der Waals surface area contributed by atoms with E-state index in [0.29, 0.717) is 23.0 Å². The van der Waals surface area contributed by atoms with Crippen molar-refractivity contribution < 1.29 is 18.7 Å². The number of halogens is 1. The predicted octanol–water partition coefficient (Wildman–Crippen LogP) is 5.37. The third-order valence-electron chi connectivity index (χ3n) is 5.23. The Morgan fingerprint density at radius 2 is 1.79 bits per heavy atom. The van der Waals surface area contributed by atoms with Crippen LogP contribution in [0.5, 0.6) is 0 Å². The minimum absolute atomic E-state index is 0.0530. The van der Waals surface area contributed by atoms with Crippen molar-refractivity contribution >= 4 is 35.1 Å². The molecule has 0 aliphatic heterocycles. The maximum absolute atomic E-state index is 12.7. The molecule has 0 unspecified atom stereocenters. The number of aromatic nitrogens is 3. The molecule has 0 radical (unpaired) electrons. The van der Waals surface area contributed by atoms with E-state index in [1.807, 2.05) is 50.2 Å². The average molecular weight is 496 g/mol. The first kappa shape index (κ1) is 23.8. The summed E-state index contributed by atoms with van der Waals surface area (Å²) in [7, 11) is 0. The number of esters is 1. The highest BCUT2D eigenvalue weighted by molar-refractivity contribution is 7.99. The Morgan fingerprint density at radius 3 is 2.53 bits per heavy atom. The number of ketones is 1. The highest BCUT2D eigenvalue weighted by Crippen LogP contribution is 2.24. The summed E-state index contributed by atoms with van der Waals surface area (Å²) in [4.78, 5) is 24.9. The molecule has 2 aromatic carbocycles. The minimum Gasteiger partial charge on any atom is -0.457 e. The number of hydrogen-bond donors (Lipinski definition) is 0. The zero-order valence-electron chi connectivity index (χ0n) is 18.7. The second-order valence-corrected chi connectivity index (χ2v) is 8.97. The van der Waals surface area contributed by atoms with Crippen molar-refractivity contribution in [2.24, 2.45) is 0 Å². The van der Waals surface area contributed by atoms with Crippen molar-refractivity contribution in [3.63, 3.8) is 0 Å². The normalized spacial score (nSPS) is 10.9. The second kappa shape index (κ2) is 10.7. The summed E-state index contributed by atoms with van der Waals surface area (Å²) in [6, 6.07) is 18.8. The highest BCUT2D eigenvalue weighted by Gasteiger charge is 2.18. The Bertz CT molecular complexity index is 1300. The predicted molar refractivity (Wildman–Crippen MR) is 130 cm³/mol. The van der Waals surface area contributed by atoms with Gasteiger partial charge in [0.2, 0.25) is 11.7 Å². The van der Waals surface area contributed by atoms with Gasteiger partial charge in [-0.25, -0.2) is 0 Å². The van der Waals surface area contributed by atoms with Crippen LogP contribution in [0.3, 0.4) is 0 Å². The third-order valence-corrected chi connectivity index (χ3v) is 6.28. The van der Waals surface area contributed by atoms with E-state index in [-0.39, 0.29) is 23.4 Å². The summed E-state index contributed by atoms with van der Waals surface area (Å²) in [5, 5.41) is 8.73. The van der Waals surface area contributed by atoms with E-state index in [9.17, 15) is 9.59 Å². The molecule has 0 saturated heterocycles. The van der Waals surface area contributed by atoms with Crippen LogP contribution in [0.1, 0.15) is 27.3 Å². The molecule has 0 atom stereocenters. The summed E-state index contributed by atoms with van der Waals surface area (Å²) in [5.41, 5.74) is 4.24. The molecule has 9 heteroatoms. The van der Waals surface area contributed by atoms with Gasteiger partial charge >= 0.3 is 5.97 Å². The summed E-state index contributed by atoms with van der Waals surface area (Å²) in [6.45, 7) is 4.20.